The van der Waals surface area contributed by atoms with Crippen LogP contribution in [0.25, 0.3) is 0 Å². The first-order valence-corrected chi connectivity index (χ1v) is 5.10. The summed E-state index contributed by atoms with van der Waals surface area (Å²) in [5, 5.41) is 22.4. The Hall–Kier alpha value is -1.87. The van der Waals surface area contributed by atoms with Crippen molar-refractivity contribution in [1.29, 1.82) is 5.26 Å². The molecule has 82 valence electrons. The zero-order chi connectivity index (χ0) is 12.1. The van der Waals surface area contributed by atoms with Crippen LogP contribution in [0, 0.1) is 21.4 Å². The minimum atomic E-state index is -0.572. The molecule has 6 heteroatoms. The molecule has 0 spiro atoms. The number of benzene rings is 1. The van der Waals surface area contributed by atoms with Crippen LogP contribution in [0.4, 0.5) is 11.4 Å². The van der Waals surface area contributed by atoms with Gasteiger partial charge in [-0.25, -0.2) is 0 Å². The Morgan fingerprint density at radius 1 is 1.69 bits per heavy atom. The summed E-state index contributed by atoms with van der Waals surface area (Å²) in [7, 11) is 0. The summed E-state index contributed by atoms with van der Waals surface area (Å²) >= 11 is 3.14. The molecule has 0 bridgehead atoms. The maximum Gasteiger partial charge on any atom is 0.309 e. The normalized spacial score (nSPS) is 9.25. The molecular formula is C10H8BrN3O2. The lowest BCUT2D eigenvalue weighted by atomic mass is 10.1. The number of halogens is 1. The largest absolute Gasteiger partial charge is 0.375 e. The van der Waals surface area contributed by atoms with Crippen LogP contribution in [-0.2, 0) is 0 Å². The second-order valence-corrected chi connectivity index (χ2v) is 4.06. The van der Waals surface area contributed by atoms with Gasteiger partial charge in [-0.3, -0.25) is 10.1 Å². The topological polar surface area (TPSA) is 79.0 Å². The summed E-state index contributed by atoms with van der Waals surface area (Å²) < 4.78 is 0.671. The van der Waals surface area contributed by atoms with Gasteiger partial charge in [-0.15, -0.1) is 0 Å². The summed E-state index contributed by atoms with van der Waals surface area (Å²) in [6.07, 6.45) is 0. The van der Waals surface area contributed by atoms with Crippen molar-refractivity contribution in [2.45, 2.75) is 0 Å². The van der Waals surface area contributed by atoms with E-state index in [2.05, 4.69) is 27.8 Å². The minimum absolute atomic E-state index is 0.0372. The highest BCUT2D eigenvalue weighted by Crippen LogP contribution is 2.28. The van der Waals surface area contributed by atoms with Crippen LogP contribution in [-0.4, -0.2) is 11.5 Å². The molecule has 0 heterocycles. The van der Waals surface area contributed by atoms with E-state index in [9.17, 15) is 10.1 Å². The van der Waals surface area contributed by atoms with Crippen molar-refractivity contribution < 1.29 is 4.92 Å². The minimum Gasteiger partial charge on any atom is -0.375 e. The molecule has 16 heavy (non-hydrogen) atoms. The molecule has 0 radical (unpaired) electrons. The Morgan fingerprint density at radius 2 is 2.38 bits per heavy atom. The van der Waals surface area contributed by atoms with Crippen LogP contribution in [0.1, 0.15) is 5.56 Å². The van der Waals surface area contributed by atoms with Crippen molar-refractivity contribution >= 4 is 27.3 Å². The maximum absolute atomic E-state index is 10.8. The number of nitro groups is 1. The summed E-state index contributed by atoms with van der Waals surface area (Å²) in [6.45, 7) is 3.96. The molecule has 0 aliphatic heterocycles. The van der Waals surface area contributed by atoms with E-state index in [4.69, 9.17) is 5.26 Å². The SMILES string of the molecule is C=C(Br)CNc1cccc(C#N)c1[N+](=O)[O-]. The number of nitriles is 1. The number of para-hydroxylation sites is 1. The van der Waals surface area contributed by atoms with Gasteiger partial charge in [0.2, 0.25) is 0 Å². The van der Waals surface area contributed by atoms with Gasteiger partial charge in [0.15, 0.2) is 0 Å². The number of hydrogen-bond acceptors (Lipinski definition) is 4. The smallest absolute Gasteiger partial charge is 0.309 e. The highest BCUT2D eigenvalue weighted by Gasteiger charge is 2.18. The summed E-state index contributed by atoms with van der Waals surface area (Å²) in [6, 6.07) is 6.34. The fourth-order valence-corrected chi connectivity index (χ4v) is 1.30. The van der Waals surface area contributed by atoms with Crippen LogP contribution >= 0.6 is 15.9 Å². The van der Waals surface area contributed by atoms with Crippen LogP contribution in [0.5, 0.6) is 0 Å². The zero-order valence-electron chi connectivity index (χ0n) is 8.24. The second-order valence-electron chi connectivity index (χ2n) is 2.94. The summed E-state index contributed by atoms with van der Waals surface area (Å²) in [4.78, 5) is 10.3. The summed E-state index contributed by atoms with van der Waals surface area (Å²) in [5.41, 5.74) is 0.138. The highest BCUT2D eigenvalue weighted by molar-refractivity contribution is 9.11. The Labute approximate surface area is 101 Å². The monoisotopic (exact) mass is 281 g/mol. The molecule has 0 unspecified atom stereocenters. The van der Waals surface area contributed by atoms with Gasteiger partial charge in [-0.05, 0) is 12.1 Å². The molecule has 0 aromatic heterocycles. The van der Waals surface area contributed by atoms with Crippen LogP contribution in [0.2, 0.25) is 0 Å². The van der Waals surface area contributed by atoms with Gasteiger partial charge in [0, 0.05) is 11.0 Å². The number of nitro benzene ring substituents is 1. The summed E-state index contributed by atoms with van der Waals surface area (Å²) in [5.74, 6) is 0. The molecule has 0 aliphatic rings. The van der Waals surface area contributed by atoms with Gasteiger partial charge >= 0.3 is 5.69 Å². The number of rotatable bonds is 4. The van der Waals surface area contributed by atoms with E-state index in [0.717, 1.165) is 0 Å². The second kappa shape index (κ2) is 5.28. The molecule has 0 saturated heterocycles. The van der Waals surface area contributed by atoms with Crippen LogP contribution in [0.3, 0.4) is 0 Å². The molecule has 1 aromatic carbocycles. The maximum atomic E-state index is 10.8. The zero-order valence-corrected chi connectivity index (χ0v) is 9.82. The quantitative estimate of drug-likeness (QED) is 0.680. The van der Waals surface area contributed by atoms with Gasteiger partial charge in [-0.1, -0.05) is 28.6 Å². The molecule has 0 atom stereocenters. The van der Waals surface area contributed by atoms with Gasteiger partial charge in [0.25, 0.3) is 0 Å². The molecule has 0 fully saturated rings. The lowest BCUT2D eigenvalue weighted by Gasteiger charge is -2.06. The molecular weight excluding hydrogens is 274 g/mol. The van der Waals surface area contributed by atoms with E-state index in [-0.39, 0.29) is 11.3 Å². The van der Waals surface area contributed by atoms with Crippen molar-refractivity contribution in [2.75, 3.05) is 11.9 Å². The number of hydrogen-bond donors (Lipinski definition) is 1. The molecule has 1 N–H and O–H groups in total. The van der Waals surface area contributed by atoms with Crippen molar-refractivity contribution in [2.24, 2.45) is 0 Å². The Bertz CT molecular complexity index is 479. The molecule has 1 rings (SSSR count). The predicted molar refractivity (Wildman–Crippen MR) is 64.4 cm³/mol. The first-order chi connectivity index (χ1) is 7.56. The average molecular weight is 282 g/mol. The number of nitrogens with one attached hydrogen (secondary N) is 1. The van der Waals surface area contributed by atoms with Gasteiger partial charge in [-0.2, -0.15) is 5.26 Å². The number of nitrogens with zero attached hydrogens (tertiary/aromatic N) is 2. The van der Waals surface area contributed by atoms with Crippen LogP contribution in [0.15, 0.2) is 29.3 Å². The van der Waals surface area contributed by atoms with E-state index < -0.39 is 4.92 Å². The lowest BCUT2D eigenvalue weighted by molar-refractivity contribution is -0.384. The fraction of sp³-hybridized carbons (Fsp3) is 0.100. The third-order valence-electron chi connectivity index (χ3n) is 1.81. The van der Waals surface area contributed by atoms with Gasteiger partial charge in [0.05, 0.1) is 4.92 Å². The first kappa shape index (κ1) is 12.2. The lowest BCUT2D eigenvalue weighted by Crippen LogP contribution is -2.04. The third-order valence-corrected chi connectivity index (χ3v) is 2.09. The van der Waals surface area contributed by atoms with Crippen molar-refractivity contribution in [3.05, 3.63) is 44.9 Å². The fourth-order valence-electron chi connectivity index (χ4n) is 1.16. The van der Waals surface area contributed by atoms with Crippen molar-refractivity contribution in [3.8, 4) is 6.07 Å². The van der Waals surface area contributed by atoms with Crippen LogP contribution < -0.4 is 5.32 Å². The molecule has 0 saturated carbocycles. The predicted octanol–water partition coefficient (Wildman–Crippen LogP) is 2.79. The molecule has 1 aromatic rings. The van der Waals surface area contributed by atoms with E-state index >= 15 is 0 Å². The molecule has 0 amide bonds. The van der Waals surface area contributed by atoms with Gasteiger partial charge < -0.3 is 5.32 Å². The van der Waals surface area contributed by atoms with E-state index in [0.29, 0.717) is 16.7 Å². The third kappa shape index (κ3) is 2.81. The van der Waals surface area contributed by atoms with E-state index in [1.54, 1.807) is 18.2 Å². The average Bonchev–Trinajstić information content (AvgIpc) is 2.25. The van der Waals surface area contributed by atoms with E-state index in [1.165, 1.54) is 6.07 Å². The molecule has 0 aliphatic carbocycles. The van der Waals surface area contributed by atoms with Crippen molar-refractivity contribution in [3.63, 3.8) is 0 Å². The Balaban J connectivity index is 3.13. The standard InChI is InChI=1S/C10H8BrN3O2/c1-7(11)6-13-9-4-2-3-8(5-12)10(9)14(15)16/h2-4,13H,1,6H2. The Morgan fingerprint density at radius 3 is 2.88 bits per heavy atom. The number of anilines is 1. The highest BCUT2D eigenvalue weighted by atomic mass is 79.9. The van der Waals surface area contributed by atoms with Crippen molar-refractivity contribution in [1.82, 2.24) is 0 Å². The molecule has 5 nitrogen and oxygen atoms in total. The first-order valence-electron chi connectivity index (χ1n) is 4.31. The van der Waals surface area contributed by atoms with E-state index in [1.807, 2.05) is 0 Å². The van der Waals surface area contributed by atoms with Gasteiger partial charge in [0.1, 0.15) is 17.3 Å². The Kier molecular flexibility index (Phi) is 4.03.